The summed E-state index contributed by atoms with van der Waals surface area (Å²) in [5.41, 5.74) is -0.636. The van der Waals surface area contributed by atoms with Crippen LogP contribution >= 0.6 is 15.9 Å². The molecule has 0 aromatic heterocycles. The van der Waals surface area contributed by atoms with E-state index in [4.69, 9.17) is 4.74 Å². The molecule has 0 radical (unpaired) electrons. The minimum absolute atomic E-state index is 0.107. The first-order valence-electron chi connectivity index (χ1n) is 6.26. The molecule has 0 amide bonds. The molecule has 118 valence electrons. The number of benzene rings is 2. The summed E-state index contributed by atoms with van der Waals surface area (Å²) in [6, 6.07) is 9.71. The van der Waals surface area contributed by atoms with Crippen molar-refractivity contribution in [1.29, 1.82) is 0 Å². The molecule has 0 unspecified atom stereocenters. The molecule has 0 saturated carbocycles. The van der Waals surface area contributed by atoms with Crippen LogP contribution in [0.5, 0.6) is 5.75 Å². The molecule has 0 aliphatic heterocycles. The molecule has 0 aliphatic rings. The van der Waals surface area contributed by atoms with E-state index in [-0.39, 0.29) is 16.9 Å². The molecule has 2 aromatic rings. The summed E-state index contributed by atoms with van der Waals surface area (Å²) in [6.45, 7) is 0. The van der Waals surface area contributed by atoms with Crippen LogP contribution in [0.15, 0.2) is 46.9 Å². The third kappa shape index (κ3) is 4.13. The van der Waals surface area contributed by atoms with Crippen LogP contribution in [0.4, 0.5) is 5.69 Å². The number of carbonyl (C=O) groups is 2. The molecule has 0 atom stereocenters. The largest absolute Gasteiger partial charge is 0.465 e. The van der Waals surface area contributed by atoms with Gasteiger partial charge in [0.05, 0.1) is 23.2 Å². The van der Waals surface area contributed by atoms with Crippen molar-refractivity contribution in [3.05, 3.63) is 68.2 Å². The van der Waals surface area contributed by atoms with Gasteiger partial charge in [0, 0.05) is 16.6 Å². The number of ether oxygens (including phenoxy) is 2. The lowest BCUT2D eigenvalue weighted by atomic mass is 10.1. The van der Waals surface area contributed by atoms with Gasteiger partial charge in [-0.05, 0) is 30.3 Å². The molecule has 0 bridgehead atoms. The quantitative estimate of drug-likeness (QED) is 0.349. The summed E-state index contributed by atoms with van der Waals surface area (Å²) in [5.74, 6) is -1.34. The van der Waals surface area contributed by atoms with Gasteiger partial charge in [0.1, 0.15) is 5.75 Å². The minimum Gasteiger partial charge on any atom is -0.465 e. The maximum Gasteiger partial charge on any atom is 0.343 e. The van der Waals surface area contributed by atoms with Crippen molar-refractivity contribution in [3.8, 4) is 5.75 Å². The second kappa shape index (κ2) is 7.01. The zero-order valence-electron chi connectivity index (χ0n) is 11.8. The van der Waals surface area contributed by atoms with Crippen LogP contribution < -0.4 is 4.74 Å². The number of nitro groups is 1. The van der Waals surface area contributed by atoms with Gasteiger partial charge >= 0.3 is 11.9 Å². The second-order valence-electron chi connectivity index (χ2n) is 4.36. The summed E-state index contributed by atoms with van der Waals surface area (Å²) in [7, 11) is 1.14. The smallest absolute Gasteiger partial charge is 0.343 e. The SMILES string of the molecule is COC(=O)c1cc(C(=O)Oc2ccc(Br)cc2)cc([N+](=O)[O-])c1. The van der Waals surface area contributed by atoms with Gasteiger partial charge in [-0.1, -0.05) is 15.9 Å². The number of nitrogens with zero attached hydrogens (tertiary/aromatic N) is 1. The highest BCUT2D eigenvalue weighted by Gasteiger charge is 2.19. The van der Waals surface area contributed by atoms with Crippen LogP contribution in [0.25, 0.3) is 0 Å². The highest BCUT2D eigenvalue weighted by molar-refractivity contribution is 9.10. The average Bonchev–Trinajstić information content (AvgIpc) is 2.55. The van der Waals surface area contributed by atoms with Crippen LogP contribution in [0.2, 0.25) is 0 Å². The van der Waals surface area contributed by atoms with Crippen LogP contribution in [-0.2, 0) is 4.74 Å². The van der Waals surface area contributed by atoms with Crippen molar-refractivity contribution >= 4 is 33.6 Å². The lowest BCUT2D eigenvalue weighted by molar-refractivity contribution is -0.384. The van der Waals surface area contributed by atoms with E-state index >= 15 is 0 Å². The topological polar surface area (TPSA) is 95.7 Å². The highest BCUT2D eigenvalue weighted by atomic mass is 79.9. The Kier molecular flexibility index (Phi) is 5.07. The summed E-state index contributed by atoms with van der Waals surface area (Å²) in [6.07, 6.45) is 0. The fourth-order valence-electron chi connectivity index (χ4n) is 1.74. The van der Waals surface area contributed by atoms with E-state index in [1.54, 1.807) is 24.3 Å². The first kappa shape index (κ1) is 16.6. The van der Waals surface area contributed by atoms with E-state index in [1.165, 1.54) is 6.07 Å². The van der Waals surface area contributed by atoms with Crippen molar-refractivity contribution in [2.45, 2.75) is 0 Å². The van der Waals surface area contributed by atoms with E-state index < -0.39 is 22.5 Å². The van der Waals surface area contributed by atoms with Gasteiger partial charge in [-0.3, -0.25) is 10.1 Å². The predicted molar refractivity (Wildman–Crippen MR) is 83.5 cm³/mol. The Bertz CT molecular complexity index is 772. The zero-order chi connectivity index (χ0) is 17.0. The first-order chi connectivity index (χ1) is 10.9. The van der Waals surface area contributed by atoms with Crippen LogP contribution in [0.1, 0.15) is 20.7 Å². The van der Waals surface area contributed by atoms with Crippen molar-refractivity contribution < 1.29 is 24.0 Å². The van der Waals surface area contributed by atoms with Gasteiger partial charge in [0.25, 0.3) is 5.69 Å². The number of hydrogen-bond donors (Lipinski definition) is 0. The molecule has 0 heterocycles. The van der Waals surface area contributed by atoms with Gasteiger partial charge < -0.3 is 9.47 Å². The Morgan fingerprint density at radius 3 is 2.13 bits per heavy atom. The maximum atomic E-state index is 12.1. The van der Waals surface area contributed by atoms with Crippen LogP contribution in [-0.4, -0.2) is 24.0 Å². The Hall–Kier alpha value is -2.74. The average molecular weight is 380 g/mol. The molecular weight excluding hydrogens is 370 g/mol. The van der Waals surface area contributed by atoms with E-state index in [0.717, 1.165) is 23.7 Å². The van der Waals surface area contributed by atoms with Crippen molar-refractivity contribution in [2.75, 3.05) is 7.11 Å². The van der Waals surface area contributed by atoms with E-state index in [9.17, 15) is 19.7 Å². The van der Waals surface area contributed by atoms with Gasteiger partial charge in [-0.25, -0.2) is 9.59 Å². The molecule has 7 nitrogen and oxygen atoms in total. The molecular formula is C15H10BrNO6. The molecule has 0 aliphatic carbocycles. The Balaban J connectivity index is 2.34. The number of methoxy groups -OCH3 is 1. The van der Waals surface area contributed by atoms with Crippen LogP contribution in [0, 0.1) is 10.1 Å². The number of carbonyl (C=O) groups excluding carboxylic acids is 2. The monoisotopic (exact) mass is 379 g/mol. The molecule has 2 aromatic carbocycles. The normalized spacial score (nSPS) is 10.0. The van der Waals surface area contributed by atoms with Crippen molar-refractivity contribution in [3.63, 3.8) is 0 Å². The predicted octanol–water partition coefficient (Wildman–Crippen LogP) is 3.36. The van der Waals surface area contributed by atoms with E-state index in [1.807, 2.05) is 0 Å². The molecule has 0 N–H and O–H groups in total. The number of hydrogen-bond acceptors (Lipinski definition) is 6. The van der Waals surface area contributed by atoms with E-state index in [2.05, 4.69) is 20.7 Å². The van der Waals surface area contributed by atoms with Gasteiger partial charge in [0.2, 0.25) is 0 Å². The Labute approximate surface area is 139 Å². The highest BCUT2D eigenvalue weighted by Crippen LogP contribution is 2.21. The Morgan fingerprint density at radius 2 is 1.61 bits per heavy atom. The third-order valence-corrected chi connectivity index (χ3v) is 3.34. The van der Waals surface area contributed by atoms with Gasteiger partial charge in [-0.2, -0.15) is 0 Å². The van der Waals surface area contributed by atoms with Crippen LogP contribution in [0.3, 0.4) is 0 Å². The van der Waals surface area contributed by atoms with Gasteiger partial charge in [0.15, 0.2) is 0 Å². The number of halogens is 1. The molecule has 23 heavy (non-hydrogen) atoms. The number of rotatable bonds is 4. The van der Waals surface area contributed by atoms with Gasteiger partial charge in [-0.15, -0.1) is 0 Å². The Morgan fingerprint density at radius 1 is 1.04 bits per heavy atom. The third-order valence-electron chi connectivity index (χ3n) is 2.81. The summed E-state index contributed by atoms with van der Waals surface area (Å²) in [4.78, 5) is 33.9. The van der Waals surface area contributed by atoms with Crippen molar-refractivity contribution in [2.24, 2.45) is 0 Å². The standard InChI is InChI=1S/C15H10BrNO6/c1-22-14(18)9-6-10(8-12(7-9)17(20)21)15(19)23-13-4-2-11(16)3-5-13/h2-8H,1H3. The second-order valence-corrected chi connectivity index (χ2v) is 5.28. The molecule has 0 fully saturated rings. The number of non-ortho nitro benzene ring substituents is 1. The lowest BCUT2D eigenvalue weighted by Gasteiger charge is -2.06. The first-order valence-corrected chi connectivity index (χ1v) is 7.05. The summed E-state index contributed by atoms with van der Waals surface area (Å²) < 4.78 is 10.4. The fourth-order valence-corrected chi connectivity index (χ4v) is 2.00. The molecule has 0 spiro atoms. The van der Waals surface area contributed by atoms with Crippen molar-refractivity contribution in [1.82, 2.24) is 0 Å². The summed E-state index contributed by atoms with van der Waals surface area (Å²) >= 11 is 3.25. The lowest BCUT2D eigenvalue weighted by Crippen LogP contribution is -2.11. The molecule has 8 heteroatoms. The summed E-state index contributed by atoms with van der Waals surface area (Å²) in [5, 5.41) is 10.9. The zero-order valence-corrected chi connectivity index (χ0v) is 13.4. The molecule has 2 rings (SSSR count). The number of nitro benzene ring substituents is 1. The fraction of sp³-hybridized carbons (Fsp3) is 0.0667. The minimum atomic E-state index is -0.818. The molecule has 0 saturated heterocycles. The van der Waals surface area contributed by atoms with E-state index in [0.29, 0.717) is 0 Å². The number of esters is 2. The maximum absolute atomic E-state index is 12.1.